The zero-order chi connectivity index (χ0) is 16.0. The molecule has 10 heteroatoms. The van der Waals surface area contributed by atoms with Crippen molar-refractivity contribution in [2.45, 2.75) is 25.4 Å². The second kappa shape index (κ2) is 7.03. The molecule has 0 fully saturated rings. The van der Waals surface area contributed by atoms with E-state index in [1.807, 2.05) is 0 Å². The van der Waals surface area contributed by atoms with Gasteiger partial charge in [-0.1, -0.05) is 0 Å². The Morgan fingerprint density at radius 1 is 1.24 bits per heavy atom. The van der Waals surface area contributed by atoms with E-state index in [1.165, 1.54) is 0 Å². The van der Waals surface area contributed by atoms with E-state index in [1.54, 1.807) is 0 Å². The Bertz CT molecular complexity index is 660. The molecule has 0 radical (unpaired) electrons. The first-order chi connectivity index (χ1) is 9.79. The van der Waals surface area contributed by atoms with E-state index in [4.69, 9.17) is 10.2 Å². The highest BCUT2D eigenvalue weighted by Crippen LogP contribution is 1.98. The molecule has 0 saturated heterocycles. The number of nitrogens with zero attached hydrogens (tertiary/aromatic N) is 1. The van der Waals surface area contributed by atoms with E-state index >= 15 is 0 Å². The van der Waals surface area contributed by atoms with Gasteiger partial charge in [0.25, 0.3) is 11.1 Å². The summed E-state index contributed by atoms with van der Waals surface area (Å²) < 4.78 is 0.716. The molecule has 1 aromatic heterocycles. The van der Waals surface area contributed by atoms with Gasteiger partial charge >= 0.3 is 11.9 Å². The second-order valence-electron chi connectivity index (χ2n) is 4.12. The number of carboxylic acid groups (broad SMARTS) is 2. The molecule has 1 rings (SSSR count). The number of carbonyl (C=O) groups excluding carboxylic acids is 1. The van der Waals surface area contributed by atoms with Crippen LogP contribution < -0.4 is 16.4 Å². The topological polar surface area (TPSA) is 159 Å². The number of aromatic amines is 1. The molecule has 0 aliphatic heterocycles. The summed E-state index contributed by atoms with van der Waals surface area (Å²) in [5.74, 6) is -3.42. The maximum atomic E-state index is 11.6. The molecule has 114 valence electrons. The van der Waals surface area contributed by atoms with Crippen molar-refractivity contribution in [2.24, 2.45) is 0 Å². The molecule has 4 N–H and O–H groups in total. The molecule has 1 amide bonds. The molecule has 10 nitrogen and oxygen atoms in total. The summed E-state index contributed by atoms with van der Waals surface area (Å²) in [4.78, 5) is 55.3. The fraction of sp³-hybridized carbons (Fsp3) is 0.364. The molecule has 1 unspecified atom stereocenters. The lowest BCUT2D eigenvalue weighted by atomic mass is 10.1. The molecule has 0 saturated carbocycles. The Morgan fingerprint density at radius 3 is 2.48 bits per heavy atom. The lowest BCUT2D eigenvalue weighted by Crippen LogP contribution is -2.44. The highest BCUT2D eigenvalue weighted by atomic mass is 16.4. The van der Waals surface area contributed by atoms with Crippen LogP contribution in [-0.4, -0.2) is 43.9 Å². The largest absolute Gasteiger partial charge is 0.481 e. The molecular formula is C11H13N3O7. The lowest BCUT2D eigenvalue weighted by Gasteiger charge is -2.13. The Kier molecular flexibility index (Phi) is 5.40. The smallest absolute Gasteiger partial charge is 0.326 e. The van der Waals surface area contributed by atoms with Crippen LogP contribution in [0.2, 0.25) is 0 Å². The van der Waals surface area contributed by atoms with Gasteiger partial charge in [0.2, 0.25) is 5.91 Å². The zero-order valence-corrected chi connectivity index (χ0v) is 10.7. The molecular weight excluding hydrogens is 286 g/mol. The number of hydrogen-bond donors (Lipinski definition) is 4. The van der Waals surface area contributed by atoms with E-state index in [0.29, 0.717) is 4.68 Å². The van der Waals surface area contributed by atoms with Crippen molar-refractivity contribution in [3.8, 4) is 0 Å². The van der Waals surface area contributed by atoms with Gasteiger partial charge in [-0.3, -0.25) is 24.3 Å². The first kappa shape index (κ1) is 16.1. The minimum absolute atomic E-state index is 0.295. The molecule has 1 heterocycles. The summed E-state index contributed by atoms with van der Waals surface area (Å²) in [6, 6.07) is 0.564. The van der Waals surface area contributed by atoms with E-state index in [0.717, 1.165) is 12.1 Å². The fourth-order valence-electron chi connectivity index (χ4n) is 1.49. The molecule has 0 spiro atoms. The van der Waals surface area contributed by atoms with Gasteiger partial charge in [-0.05, 0) is 6.42 Å². The van der Waals surface area contributed by atoms with Gasteiger partial charge in [0, 0.05) is 18.6 Å². The number of H-pyrrole nitrogens is 1. The molecule has 1 atom stereocenters. The van der Waals surface area contributed by atoms with Gasteiger partial charge in [-0.25, -0.2) is 9.48 Å². The fourth-order valence-corrected chi connectivity index (χ4v) is 1.49. The first-order valence-electron chi connectivity index (χ1n) is 5.83. The number of aromatic nitrogens is 2. The Balaban J connectivity index is 2.72. The number of carbonyl (C=O) groups is 3. The maximum absolute atomic E-state index is 11.6. The zero-order valence-electron chi connectivity index (χ0n) is 10.7. The molecule has 0 aromatic carbocycles. The summed E-state index contributed by atoms with van der Waals surface area (Å²) in [6.07, 6.45) is -0.726. The molecule has 0 aliphatic rings. The number of amides is 1. The lowest BCUT2D eigenvalue weighted by molar-refractivity contribution is -0.143. The monoisotopic (exact) mass is 299 g/mol. The van der Waals surface area contributed by atoms with Crippen molar-refractivity contribution in [3.05, 3.63) is 32.8 Å². The van der Waals surface area contributed by atoms with Crippen LogP contribution in [0.15, 0.2) is 21.7 Å². The van der Waals surface area contributed by atoms with E-state index in [9.17, 15) is 24.0 Å². The van der Waals surface area contributed by atoms with Crippen molar-refractivity contribution in [1.82, 2.24) is 15.1 Å². The van der Waals surface area contributed by atoms with E-state index < -0.39 is 48.0 Å². The second-order valence-corrected chi connectivity index (χ2v) is 4.12. The molecule has 0 aliphatic carbocycles. The molecule has 1 aromatic rings. The van der Waals surface area contributed by atoms with Crippen LogP contribution in [0.5, 0.6) is 0 Å². The number of nitrogens with one attached hydrogen (secondary N) is 2. The van der Waals surface area contributed by atoms with Gasteiger partial charge < -0.3 is 15.5 Å². The van der Waals surface area contributed by atoms with Crippen molar-refractivity contribution in [1.29, 1.82) is 0 Å². The third kappa shape index (κ3) is 5.30. The highest BCUT2D eigenvalue weighted by Gasteiger charge is 2.21. The third-order valence-electron chi connectivity index (χ3n) is 2.47. The predicted molar refractivity (Wildman–Crippen MR) is 67.8 cm³/mol. The van der Waals surface area contributed by atoms with Gasteiger partial charge in [0.05, 0.1) is 0 Å². The van der Waals surface area contributed by atoms with Crippen LogP contribution in [0.3, 0.4) is 0 Å². The Labute approximate surface area is 117 Å². The van der Waals surface area contributed by atoms with Gasteiger partial charge in [0.1, 0.15) is 12.6 Å². The van der Waals surface area contributed by atoms with Gasteiger partial charge in [-0.2, -0.15) is 0 Å². The number of hydrogen-bond acceptors (Lipinski definition) is 5. The average Bonchev–Trinajstić information content (AvgIpc) is 2.38. The standard InChI is InChI=1S/C11H13N3O7/c15-7-2-3-9(17)14(13-7)5-8(16)12-6(11(20)21)1-4-10(18)19/h2-3,6H,1,4-5H2,(H,12,16)(H,13,15)(H,18,19)(H,20,21). The maximum Gasteiger partial charge on any atom is 0.326 e. The first-order valence-corrected chi connectivity index (χ1v) is 5.83. The van der Waals surface area contributed by atoms with Gasteiger partial charge in [0.15, 0.2) is 0 Å². The van der Waals surface area contributed by atoms with E-state index in [-0.39, 0.29) is 6.42 Å². The normalized spacial score (nSPS) is 11.6. The summed E-state index contributed by atoms with van der Waals surface area (Å²) >= 11 is 0. The molecule has 21 heavy (non-hydrogen) atoms. The summed E-state index contributed by atoms with van der Waals surface area (Å²) in [5, 5.41) is 21.5. The summed E-state index contributed by atoms with van der Waals surface area (Å²) in [5.41, 5.74) is -1.23. The number of carboxylic acids is 2. The van der Waals surface area contributed by atoms with Crippen LogP contribution in [0, 0.1) is 0 Å². The van der Waals surface area contributed by atoms with Crippen molar-refractivity contribution >= 4 is 17.8 Å². The molecule has 0 bridgehead atoms. The Morgan fingerprint density at radius 2 is 1.90 bits per heavy atom. The van der Waals surface area contributed by atoms with Gasteiger partial charge in [-0.15, -0.1) is 0 Å². The van der Waals surface area contributed by atoms with Crippen molar-refractivity contribution in [2.75, 3.05) is 0 Å². The minimum atomic E-state index is -1.39. The third-order valence-corrected chi connectivity index (χ3v) is 2.47. The van der Waals surface area contributed by atoms with Crippen molar-refractivity contribution in [3.63, 3.8) is 0 Å². The van der Waals surface area contributed by atoms with Crippen LogP contribution in [0.25, 0.3) is 0 Å². The SMILES string of the molecule is O=C(O)CCC(NC(=O)Cn1[nH]c(=O)ccc1=O)C(=O)O. The highest BCUT2D eigenvalue weighted by molar-refractivity contribution is 5.83. The van der Waals surface area contributed by atoms with Crippen LogP contribution in [0.1, 0.15) is 12.8 Å². The summed E-state index contributed by atoms with van der Waals surface area (Å²) in [6.45, 7) is -0.578. The van der Waals surface area contributed by atoms with E-state index in [2.05, 4.69) is 10.4 Å². The number of aliphatic carboxylic acids is 2. The van der Waals surface area contributed by atoms with Crippen LogP contribution >= 0.6 is 0 Å². The average molecular weight is 299 g/mol. The van der Waals surface area contributed by atoms with Crippen molar-refractivity contribution < 1.29 is 24.6 Å². The summed E-state index contributed by atoms with van der Waals surface area (Å²) in [7, 11) is 0. The number of rotatable bonds is 7. The van der Waals surface area contributed by atoms with Crippen LogP contribution in [-0.2, 0) is 20.9 Å². The predicted octanol–water partition coefficient (Wildman–Crippen LogP) is -2.03. The minimum Gasteiger partial charge on any atom is -0.481 e. The Hall–Kier alpha value is -2.91. The van der Waals surface area contributed by atoms with Crippen LogP contribution in [0.4, 0.5) is 0 Å². The quantitative estimate of drug-likeness (QED) is 0.452.